The van der Waals surface area contributed by atoms with E-state index in [0.717, 1.165) is 0 Å². The van der Waals surface area contributed by atoms with Crippen LogP contribution in [0, 0.1) is 0 Å². The van der Waals surface area contributed by atoms with Gasteiger partial charge in [0.15, 0.2) is 6.16 Å². The summed E-state index contributed by atoms with van der Waals surface area (Å²) in [6, 6.07) is -0.912. The quantitative estimate of drug-likeness (QED) is 0.513. The Morgan fingerprint density at radius 2 is 2.18 bits per heavy atom. The summed E-state index contributed by atoms with van der Waals surface area (Å²) in [5.74, 6) is -1.07. The van der Waals surface area contributed by atoms with Gasteiger partial charge in [0.05, 0.1) is 0 Å². The first-order valence-electron chi connectivity index (χ1n) is 3.16. The molecule has 11 heavy (non-hydrogen) atoms. The summed E-state index contributed by atoms with van der Waals surface area (Å²) in [5.41, 5.74) is 5.13. The minimum Gasteiger partial charge on any atom is -0.480 e. The Kier molecular flexibility index (Phi) is 4.94. The molecule has 0 spiro atoms. The van der Waals surface area contributed by atoms with Gasteiger partial charge in [0.2, 0.25) is 0 Å². The number of carbonyl (C=O) groups is 1. The predicted molar refractivity (Wildman–Crippen MR) is 39.5 cm³/mol. The van der Waals surface area contributed by atoms with E-state index in [4.69, 9.17) is 15.7 Å². The normalized spacial score (nSPS) is 14.2. The molecule has 0 bridgehead atoms. The van der Waals surface area contributed by atoms with Crippen LogP contribution in [0.1, 0.15) is 12.8 Å². The summed E-state index contributed by atoms with van der Waals surface area (Å²) in [7, 11) is -2.15. The van der Waals surface area contributed by atoms with Crippen molar-refractivity contribution in [2.24, 2.45) is 5.73 Å². The molecule has 0 aromatic heterocycles. The highest BCUT2D eigenvalue weighted by Crippen LogP contribution is 2.15. The number of aliphatic carboxylic acids is 1. The summed E-state index contributed by atoms with van der Waals surface area (Å²) in [4.78, 5) is 18.4. The van der Waals surface area contributed by atoms with E-state index in [-0.39, 0.29) is 12.6 Å². The van der Waals surface area contributed by atoms with E-state index < -0.39 is 20.0 Å². The monoisotopic (exact) mass is 180 g/mol. The molecule has 0 aliphatic carbocycles. The van der Waals surface area contributed by atoms with Gasteiger partial charge in [0, 0.05) is 0 Å². The van der Waals surface area contributed by atoms with E-state index in [1.165, 1.54) is 0 Å². The van der Waals surface area contributed by atoms with Gasteiger partial charge in [0.1, 0.15) is 6.04 Å². The van der Waals surface area contributed by atoms with Gasteiger partial charge >= 0.3 is 14.0 Å². The average Bonchev–Trinajstić information content (AvgIpc) is 1.86. The minimum atomic E-state index is -2.15. The van der Waals surface area contributed by atoms with Crippen LogP contribution in [0.4, 0.5) is 0 Å². The third kappa shape index (κ3) is 5.91. The Balaban J connectivity index is 3.39. The zero-order valence-electron chi connectivity index (χ0n) is 5.93. The highest BCUT2D eigenvalue weighted by Gasteiger charge is 2.15. The lowest BCUT2D eigenvalue weighted by Crippen LogP contribution is -2.29. The summed E-state index contributed by atoms with van der Waals surface area (Å²) in [6.07, 6.45) is 0.743. The number of carboxylic acid groups (broad SMARTS) is 1. The van der Waals surface area contributed by atoms with Crippen LogP contribution in [0.15, 0.2) is 0 Å². The first kappa shape index (κ1) is 10.5. The Bertz CT molecular complexity index is 161. The van der Waals surface area contributed by atoms with Crippen LogP contribution >= 0.6 is 8.03 Å². The average molecular weight is 180 g/mol. The third-order valence-corrected chi connectivity index (χ3v) is 1.88. The molecular formula is C5H11NO4P+. The SMILES string of the molecule is NC(CCC[P+](=O)O)C(=O)O. The van der Waals surface area contributed by atoms with E-state index in [9.17, 15) is 9.36 Å². The first-order chi connectivity index (χ1) is 5.04. The zero-order valence-corrected chi connectivity index (χ0v) is 6.83. The molecule has 4 N–H and O–H groups in total. The van der Waals surface area contributed by atoms with Gasteiger partial charge in [-0.25, -0.2) is 0 Å². The number of hydrogen-bond donors (Lipinski definition) is 3. The van der Waals surface area contributed by atoms with Crippen molar-refractivity contribution < 1.29 is 19.4 Å². The van der Waals surface area contributed by atoms with E-state index in [1.54, 1.807) is 0 Å². The minimum absolute atomic E-state index is 0.121. The van der Waals surface area contributed by atoms with Gasteiger partial charge < -0.3 is 10.8 Å². The molecule has 0 amide bonds. The van der Waals surface area contributed by atoms with Crippen molar-refractivity contribution in [3.8, 4) is 0 Å². The van der Waals surface area contributed by atoms with Crippen molar-refractivity contribution >= 4 is 14.0 Å². The molecule has 64 valence electrons. The highest BCUT2D eigenvalue weighted by atomic mass is 31.1. The summed E-state index contributed by atoms with van der Waals surface area (Å²) < 4.78 is 10.1. The standard InChI is InChI=1S/C5H10NO4P/c6-4(5(7)8)2-1-3-11(9)10/h4H,1-3,6H2,(H-,7,8,9,10)/p+1. The lowest BCUT2D eigenvalue weighted by Gasteiger charge is -2.01. The third-order valence-electron chi connectivity index (χ3n) is 1.18. The summed E-state index contributed by atoms with van der Waals surface area (Å²) in [6.45, 7) is 0. The van der Waals surface area contributed by atoms with Crippen molar-refractivity contribution in [3.05, 3.63) is 0 Å². The molecule has 0 saturated heterocycles. The van der Waals surface area contributed by atoms with Crippen molar-refractivity contribution in [2.45, 2.75) is 18.9 Å². The van der Waals surface area contributed by atoms with Gasteiger partial charge in [-0.3, -0.25) is 4.79 Å². The molecule has 5 nitrogen and oxygen atoms in total. The second kappa shape index (κ2) is 5.18. The molecule has 2 unspecified atom stereocenters. The molecule has 0 aliphatic rings. The van der Waals surface area contributed by atoms with E-state index in [2.05, 4.69) is 0 Å². The molecular weight excluding hydrogens is 169 g/mol. The van der Waals surface area contributed by atoms with Crippen molar-refractivity contribution in [1.29, 1.82) is 0 Å². The summed E-state index contributed by atoms with van der Waals surface area (Å²) in [5, 5.41) is 8.29. The Morgan fingerprint density at radius 3 is 2.55 bits per heavy atom. The van der Waals surface area contributed by atoms with E-state index >= 15 is 0 Å². The fourth-order valence-electron chi connectivity index (χ4n) is 0.570. The maximum absolute atomic E-state index is 10.1. The second-order valence-corrected chi connectivity index (χ2v) is 3.31. The zero-order chi connectivity index (χ0) is 8.85. The van der Waals surface area contributed by atoms with Crippen LogP contribution in [0.25, 0.3) is 0 Å². The largest absolute Gasteiger partial charge is 0.505 e. The molecule has 0 radical (unpaired) electrons. The van der Waals surface area contributed by atoms with Crippen LogP contribution in [0.2, 0.25) is 0 Å². The van der Waals surface area contributed by atoms with Crippen LogP contribution in [-0.4, -0.2) is 28.2 Å². The van der Waals surface area contributed by atoms with Crippen molar-refractivity contribution in [1.82, 2.24) is 0 Å². The van der Waals surface area contributed by atoms with E-state index in [0.29, 0.717) is 6.42 Å². The van der Waals surface area contributed by atoms with Crippen molar-refractivity contribution in [2.75, 3.05) is 6.16 Å². The molecule has 2 atom stereocenters. The van der Waals surface area contributed by atoms with Crippen molar-refractivity contribution in [3.63, 3.8) is 0 Å². The number of rotatable bonds is 5. The lowest BCUT2D eigenvalue weighted by atomic mass is 10.2. The smallest absolute Gasteiger partial charge is 0.480 e. The Hall–Kier alpha value is -0.510. The molecule has 0 saturated carbocycles. The Labute approximate surface area is 65.1 Å². The lowest BCUT2D eigenvalue weighted by molar-refractivity contribution is -0.138. The summed E-state index contributed by atoms with van der Waals surface area (Å²) >= 11 is 0. The second-order valence-electron chi connectivity index (χ2n) is 2.16. The predicted octanol–water partition coefficient (Wildman–Crippen LogP) is -0.0868. The van der Waals surface area contributed by atoms with Crippen LogP contribution < -0.4 is 5.73 Å². The molecule has 0 aromatic carbocycles. The van der Waals surface area contributed by atoms with Gasteiger partial charge in [-0.2, -0.15) is 4.89 Å². The van der Waals surface area contributed by atoms with Crippen LogP contribution in [0.3, 0.4) is 0 Å². The number of carboxylic acids is 1. The number of nitrogens with two attached hydrogens (primary N) is 1. The fourth-order valence-corrected chi connectivity index (χ4v) is 1.02. The van der Waals surface area contributed by atoms with Crippen LogP contribution in [-0.2, 0) is 9.36 Å². The number of hydrogen-bond acceptors (Lipinski definition) is 3. The van der Waals surface area contributed by atoms with Gasteiger partial charge in [-0.1, -0.05) is 0 Å². The van der Waals surface area contributed by atoms with Gasteiger partial charge in [0.25, 0.3) is 0 Å². The van der Waals surface area contributed by atoms with E-state index in [1.807, 2.05) is 0 Å². The van der Waals surface area contributed by atoms with Crippen LogP contribution in [0.5, 0.6) is 0 Å². The molecule has 0 rings (SSSR count). The molecule has 0 heterocycles. The highest BCUT2D eigenvalue weighted by molar-refractivity contribution is 7.37. The molecule has 0 fully saturated rings. The van der Waals surface area contributed by atoms with Gasteiger partial charge in [-0.05, 0) is 17.4 Å². The molecule has 0 aliphatic heterocycles. The van der Waals surface area contributed by atoms with Gasteiger partial charge in [-0.15, -0.1) is 0 Å². The first-order valence-corrected chi connectivity index (χ1v) is 4.55. The molecule has 6 heteroatoms. The fraction of sp³-hybridized carbons (Fsp3) is 0.800. The maximum atomic E-state index is 10.1. The Morgan fingerprint density at radius 1 is 1.64 bits per heavy atom. The molecule has 0 aromatic rings. The maximum Gasteiger partial charge on any atom is 0.505 e. The topological polar surface area (TPSA) is 101 Å².